The molecule has 2 heterocycles. The maximum atomic E-state index is 12.7. The molecule has 0 unspecified atom stereocenters. The molecular weight excluding hydrogens is 384 g/mol. The second-order valence-corrected chi connectivity index (χ2v) is 6.85. The van der Waals surface area contributed by atoms with Crippen LogP contribution in [0.1, 0.15) is 29.2 Å². The Labute approximate surface area is 154 Å². The minimum Gasteiger partial charge on any atom is -0.338 e. The standard InChI is InChI=1S/C18H19BrN4O2/c1-2-17(24)21-15-5-3-4-13(10-15)18(25)22-8-6-16(7-9-22)23-12-14(19)11-20-23/h2-5,10-12,16H,1,6-9H2,(H,21,24). The average Bonchev–Trinajstić information content (AvgIpc) is 3.08. The minimum atomic E-state index is -0.296. The Balaban J connectivity index is 1.63. The van der Waals surface area contributed by atoms with Crippen LogP contribution in [0.5, 0.6) is 0 Å². The number of hydrogen-bond acceptors (Lipinski definition) is 3. The average molecular weight is 403 g/mol. The van der Waals surface area contributed by atoms with E-state index in [1.807, 2.05) is 15.8 Å². The van der Waals surface area contributed by atoms with Crippen molar-refractivity contribution in [3.8, 4) is 0 Å². The third-order valence-corrected chi connectivity index (χ3v) is 4.67. The van der Waals surface area contributed by atoms with E-state index in [-0.39, 0.29) is 11.8 Å². The van der Waals surface area contributed by atoms with Crippen molar-refractivity contribution in [3.05, 3.63) is 59.4 Å². The SMILES string of the molecule is C=CC(=O)Nc1cccc(C(=O)N2CCC(n3cc(Br)cn3)CC2)c1. The van der Waals surface area contributed by atoms with Gasteiger partial charge in [0, 0.05) is 30.5 Å². The number of anilines is 1. The van der Waals surface area contributed by atoms with Crippen LogP contribution in [0.4, 0.5) is 5.69 Å². The Kier molecular flexibility index (Phi) is 5.33. The molecule has 1 fully saturated rings. The van der Waals surface area contributed by atoms with Gasteiger partial charge < -0.3 is 10.2 Å². The number of carbonyl (C=O) groups is 2. The summed E-state index contributed by atoms with van der Waals surface area (Å²) in [6.07, 6.45) is 6.68. The Morgan fingerprint density at radius 1 is 1.32 bits per heavy atom. The molecule has 130 valence electrons. The van der Waals surface area contributed by atoms with Crippen molar-refractivity contribution in [1.29, 1.82) is 0 Å². The number of hydrogen-bond donors (Lipinski definition) is 1. The van der Waals surface area contributed by atoms with E-state index < -0.39 is 0 Å². The molecule has 0 bridgehead atoms. The van der Waals surface area contributed by atoms with Gasteiger partial charge >= 0.3 is 0 Å². The molecule has 0 aliphatic carbocycles. The second-order valence-electron chi connectivity index (χ2n) is 5.94. The zero-order chi connectivity index (χ0) is 17.8. The number of carbonyl (C=O) groups excluding carboxylic acids is 2. The minimum absolute atomic E-state index is 0.0187. The van der Waals surface area contributed by atoms with Crippen LogP contribution in [0.2, 0.25) is 0 Å². The van der Waals surface area contributed by atoms with E-state index in [1.54, 1.807) is 30.5 Å². The summed E-state index contributed by atoms with van der Waals surface area (Å²) < 4.78 is 2.92. The fourth-order valence-corrected chi connectivity index (χ4v) is 3.26. The number of benzene rings is 1. The van der Waals surface area contributed by atoms with Gasteiger partial charge in [0.05, 0.1) is 16.7 Å². The smallest absolute Gasteiger partial charge is 0.253 e. The Morgan fingerprint density at radius 3 is 2.72 bits per heavy atom. The van der Waals surface area contributed by atoms with Crippen molar-refractivity contribution in [2.45, 2.75) is 18.9 Å². The third kappa shape index (κ3) is 4.17. The molecule has 1 aliphatic rings. The zero-order valence-electron chi connectivity index (χ0n) is 13.7. The van der Waals surface area contributed by atoms with Crippen molar-refractivity contribution in [3.63, 3.8) is 0 Å². The number of piperidine rings is 1. The molecule has 6 nitrogen and oxygen atoms in total. The van der Waals surface area contributed by atoms with E-state index in [0.29, 0.717) is 30.4 Å². The number of nitrogens with zero attached hydrogens (tertiary/aromatic N) is 3. The first kappa shape index (κ1) is 17.4. The summed E-state index contributed by atoms with van der Waals surface area (Å²) in [5.41, 5.74) is 1.16. The van der Waals surface area contributed by atoms with Gasteiger partial charge in [-0.3, -0.25) is 14.3 Å². The monoisotopic (exact) mass is 402 g/mol. The highest BCUT2D eigenvalue weighted by Gasteiger charge is 2.25. The highest BCUT2D eigenvalue weighted by atomic mass is 79.9. The molecule has 1 aromatic carbocycles. The topological polar surface area (TPSA) is 67.2 Å². The second kappa shape index (κ2) is 7.65. The van der Waals surface area contributed by atoms with E-state index in [4.69, 9.17) is 0 Å². The summed E-state index contributed by atoms with van der Waals surface area (Å²) in [6, 6.07) is 7.29. The molecule has 1 aromatic heterocycles. The lowest BCUT2D eigenvalue weighted by Crippen LogP contribution is -2.39. The Hall–Kier alpha value is -2.41. The van der Waals surface area contributed by atoms with Crippen LogP contribution in [0.25, 0.3) is 0 Å². The molecule has 7 heteroatoms. The van der Waals surface area contributed by atoms with E-state index in [1.165, 1.54) is 6.08 Å². The number of likely N-dealkylation sites (tertiary alicyclic amines) is 1. The lowest BCUT2D eigenvalue weighted by Gasteiger charge is -2.32. The normalized spacial score (nSPS) is 15.0. The lowest BCUT2D eigenvalue weighted by atomic mass is 10.0. The van der Waals surface area contributed by atoms with Crippen LogP contribution in [0.15, 0.2) is 53.8 Å². The summed E-state index contributed by atoms with van der Waals surface area (Å²) in [5.74, 6) is -0.314. The van der Waals surface area contributed by atoms with Gasteiger partial charge in [-0.05, 0) is 53.0 Å². The molecular formula is C18H19BrN4O2. The maximum absolute atomic E-state index is 12.7. The lowest BCUT2D eigenvalue weighted by molar-refractivity contribution is -0.111. The van der Waals surface area contributed by atoms with Crippen LogP contribution in [-0.2, 0) is 4.79 Å². The van der Waals surface area contributed by atoms with Crippen molar-refractivity contribution in [2.24, 2.45) is 0 Å². The number of halogens is 1. The molecule has 1 N–H and O–H groups in total. The molecule has 0 atom stereocenters. The molecule has 0 spiro atoms. The van der Waals surface area contributed by atoms with Crippen molar-refractivity contribution >= 4 is 33.4 Å². The van der Waals surface area contributed by atoms with Crippen LogP contribution in [0, 0.1) is 0 Å². The van der Waals surface area contributed by atoms with E-state index in [0.717, 1.165) is 17.3 Å². The summed E-state index contributed by atoms with van der Waals surface area (Å²) in [6.45, 7) is 4.79. The van der Waals surface area contributed by atoms with Crippen LogP contribution < -0.4 is 5.32 Å². The van der Waals surface area contributed by atoms with Gasteiger partial charge in [0.1, 0.15) is 0 Å². The quantitative estimate of drug-likeness (QED) is 0.798. The number of amides is 2. The molecule has 0 radical (unpaired) electrons. The molecule has 25 heavy (non-hydrogen) atoms. The summed E-state index contributed by atoms with van der Waals surface area (Å²) in [4.78, 5) is 26.0. The molecule has 2 amide bonds. The predicted octanol–water partition coefficient (Wildman–Crippen LogP) is 3.25. The van der Waals surface area contributed by atoms with Crippen LogP contribution in [-0.4, -0.2) is 39.6 Å². The van der Waals surface area contributed by atoms with Gasteiger partial charge in [0.25, 0.3) is 5.91 Å². The maximum Gasteiger partial charge on any atom is 0.253 e. The van der Waals surface area contributed by atoms with Gasteiger partial charge in [-0.15, -0.1) is 0 Å². The highest BCUT2D eigenvalue weighted by molar-refractivity contribution is 9.10. The summed E-state index contributed by atoms with van der Waals surface area (Å²) in [7, 11) is 0. The predicted molar refractivity (Wildman–Crippen MR) is 99.4 cm³/mol. The summed E-state index contributed by atoms with van der Waals surface area (Å²) >= 11 is 3.41. The van der Waals surface area contributed by atoms with Gasteiger partial charge in [-0.2, -0.15) is 5.10 Å². The first-order valence-corrected chi connectivity index (χ1v) is 8.88. The van der Waals surface area contributed by atoms with Crippen LogP contribution in [0.3, 0.4) is 0 Å². The Bertz CT molecular complexity index is 794. The Morgan fingerprint density at radius 2 is 2.08 bits per heavy atom. The van der Waals surface area contributed by atoms with Gasteiger partial charge in [0.15, 0.2) is 0 Å². The van der Waals surface area contributed by atoms with Crippen LogP contribution >= 0.6 is 15.9 Å². The first-order chi connectivity index (χ1) is 12.1. The van der Waals surface area contributed by atoms with E-state index >= 15 is 0 Å². The molecule has 1 saturated heterocycles. The molecule has 2 aromatic rings. The van der Waals surface area contributed by atoms with Crippen molar-refractivity contribution in [2.75, 3.05) is 18.4 Å². The number of rotatable bonds is 4. The third-order valence-electron chi connectivity index (χ3n) is 4.26. The van der Waals surface area contributed by atoms with E-state index in [2.05, 4.69) is 32.9 Å². The number of nitrogens with one attached hydrogen (secondary N) is 1. The largest absolute Gasteiger partial charge is 0.338 e. The van der Waals surface area contributed by atoms with Gasteiger partial charge in [0.2, 0.25) is 5.91 Å². The fraction of sp³-hybridized carbons (Fsp3) is 0.278. The van der Waals surface area contributed by atoms with Crippen molar-refractivity contribution < 1.29 is 9.59 Å². The first-order valence-electron chi connectivity index (χ1n) is 8.09. The molecule has 1 aliphatic heterocycles. The van der Waals surface area contributed by atoms with Gasteiger partial charge in [-0.25, -0.2) is 0 Å². The highest BCUT2D eigenvalue weighted by Crippen LogP contribution is 2.24. The van der Waals surface area contributed by atoms with Crippen molar-refractivity contribution in [1.82, 2.24) is 14.7 Å². The molecule has 0 saturated carbocycles. The zero-order valence-corrected chi connectivity index (χ0v) is 15.3. The number of aromatic nitrogens is 2. The summed E-state index contributed by atoms with van der Waals surface area (Å²) in [5, 5.41) is 7.01. The van der Waals surface area contributed by atoms with Gasteiger partial charge in [-0.1, -0.05) is 12.6 Å². The fourth-order valence-electron chi connectivity index (χ4n) is 2.95. The van der Waals surface area contributed by atoms with E-state index in [9.17, 15) is 9.59 Å². The molecule has 3 rings (SSSR count).